The van der Waals surface area contributed by atoms with Gasteiger partial charge in [0.2, 0.25) is 0 Å². The maximum atomic E-state index is 11.6. The highest BCUT2D eigenvalue weighted by Gasteiger charge is 2.16. The van der Waals surface area contributed by atoms with Gasteiger partial charge in [0.15, 0.2) is 0 Å². The minimum Gasteiger partial charge on any atom is -0.379 e. The molecule has 0 spiro atoms. The van der Waals surface area contributed by atoms with Crippen molar-refractivity contribution in [2.24, 2.45) is 0 Å². The van der Waals surface area contributed by atoms with Crippen molar-refractivity contribution in [3.05, 3.63) is 0 Å². The molecule has 0 bridgehead atoms. The summed E-state index contributed by atoms with van der Waals surface area (Å²) < 4.78 is 5.32. The SMILES string of the molecule is C[Si](C)(C)CCCNC(=O)N[C@H]1CCCOC1. The zero-order chi connectivity index (χ0) is 12.7. The number of rotatable bonds is 5. The highest BCUT2D eigenvalue weighted by Crippen LogP contribution is 2.10. The van der Waals surface area contributed by atoms with Crippen molar-refractivity contribution in [2.45, 2.75) is 51.0 Å². The molecule has 17 heavy (non-hydrogen) atoms. The molecule has 0 aliphatic carbocycles. The number of amides is 2. The topological polar surface area (TPSA) is 50.4 Å². The number of hydrogen-bond acceptors (Lipinski definition) is 2. The Labute approximate surface area is 106 Å². The molecule has 0 aromatic carbocycles. The Morgan fingerprint density at radius 2 is 2.18 bits per heavy atom. The fourth-order valence-corrected chi connectivity index (χ4v) is 3.15. The quantitative estimate of drug-likeness (QED) is 0.587. The van der Waals surface area contributed by atoms with Gasteiger partial charge in [-0.15, -0.1) is 0 Å². The smallest absolute Gasteiger partial charge is 0.315 e. The third kappa shape index (κ3) is 7.39. The first-order chi connectivity index (χ1) is 7.97. The summed E-state index contributed by atoms with van der Waals surface area (Å²) in [5, 5.41) is 5.87. The van der Waals surface area contributed by atoms with E-state index in [9.17, 15) is 4.79 Å². The van der Waals surface area contributed by atoms with Crippen LogP contribution >= 0.6 is 0 Å². The van der Waals surface area contributed by atoms with E-state index < -0.39 is 8.07 Å². The summed E-state index contributed by atoms with van der Waals surface area (Å²) in [6.45, 7) is 9.33. The summed E-state index contributed by atoms with van der Waals surface area (Å²) >= 11 is 0. The predicted molar refractivity (Wildman–Crippen MR) is 73.1 cm³/mol. The molecule has 1 rings (SSSR count). The first-order valence-electron chi connectivity index (χ1n) is 6.59. The summed E-state index contributed by atoms with van der Waals surface area (Å²) in [7, 11) is -0.963. The minimum atomic E-state index is -0.963. The normalized spacial score (nSPS) is 21.0. The Hall–Kier alpha value is -0.553. The molecule has 1 saturated heterocycles. The van der Waals surface area contributed by atoms with E-state index in [1.165, 1.54) is 6.04 Å². The minimum absolute atomic E-state index is 0.0453. The lowest BCUT2D eigenvalue weighted by Gasteiger charge is -2.23. The molecule has 0 aromatic rings. The van der Waals surface area contributed by atoms with Gasteiger partial charge >= 0.3 is 6.03 Å². The Morgan fingerprint density at radius 1 is 1.41 bits per heavy atom. The Bertz CT molecular complexity index is 235. The third-order valence-corrected chi connectivity index (χ3v) is 4.74. The molecule has 1 aliphatic rings. The lowest BCUT2D eigenvalue weighted by Crippen LogP contribution is -2.46. The summed E-state index contributed by atoms with van der Waals surface area (Å²) in [5.74, 6) is 0. The third-order valence-electron chi connectivity index (χ3n) is 2.88. The van der Waals surface area contributed by atoms with Crippen molar-refractivity contribution < 1.29 is 9.53 Å². The van der Waals surface area contributed by atoms with Gasteiger partial charge in [-0.2, -0.15) is 0 Å². The predicted octanol–water partition coefficient (Wildman–Crippen LogP) is 2.19. The van der Waals surface area contributed by atoms with Crippen LogP contribution in [0.1, 0.15) is 19.3 Å². The average Bonchev–Trinajstić information content (AvgIpc) is 2.25. The zero-order valence-corrected chi connectivity index (χ0v) is 12.3. The molecule has 2 N–H and O–H groups in total. The van der Waals surface area contributed by atoms with Crippen LogP contribution in [0.5, 0.6) is 0 Å². The molecule has 0 aromatic heterocycles. The van der Waals surface area contributed by atoms with E-state index in [0.717, 1.165) is 32.4 Å². The van der Waals surface area contributed by atoms with Gasteiger partial charge in [-0.25, -0.2) is 4.79 Å². The molecule has 0 radical (unpaired) electrons. The molecule has 0 saturated carbocycles. The number of ether oxygens (including phenoxy) is 1. The van der Waals surface area contributed by atoms with Crippen molar-refractivity contribution >= 4 is 14.1 Å². The van der Waals surface area contributed by atoms with Gasteiger partial charge < -0.3 is 15.4 Å². The molecule has 1 aliphatic heterocycles. The molecule has 0 unspecified atom stereocenters. The van der Waals surface area contributed by atoms with E-state index in [-0.39, 0.29) is 12.1 Å². The number of carbonyl (C=O) groups is 1. The molecule has 4 nitrogen and oxygen atoms in total. The van der Waals surface area contributed by atoms with Crippen molar-refractivity contribution in [2.75, 3.05) is 19.8 Å². The maximum absolute atomic E-state index is 11.6. The largest absolute Gasteiger partial charge is 0.379 e. The fraction of sp³-hybridized carbons (Fsp3) is 0.917. The molecule has 1 fully saturated rings. The van der Waals surface area contributed by atoms with Gasteiger partial charge in [0.25, 0.3) is 0 Å². The highest BCUT2D eigenvalue weighted by atomic mass is 28.3. The van der Waals surface area contributed by atoms with Crippen molar-refractivity contribution in [3.8, 4) is 0 Å². The van der Waals surface area contributed by atoms with Crippen molar-refractivity contribution in [3.63, 3.8) is 0 Å². The van der Waals surface area contributed by atoms with Gasteiger partial charge in [-0.3, -0.25) is 0 Å². The highest BCUT2D eigenvalue weighted by molar-refractivity contribution is 6.76. The Morgan fingerprint density at radius 3 is 2.76 bits per heavy atom. The molecule has 100 valence electrons. The van der Waals surface area contributed by atoms with E-state index in [0.29, 0.717) is 6.61 Å². The van der Waals surface area contributed by atoms with Crippen LogP contribution in [0.15, 0.2) is 0 Å². The van der Waals surface area contributed by atoms with Crippen molar-refractivity contribution in [1.29, 1.82) is 0 Å². The molecule has 1 atom stereocenters. The lowest BCUT2D eigenvalue weighted by molar-refractivity contribution is 0.0732. The molecular weight excluding hydrogens is 232 g/mol. The van der Waals surface area contributed by atoms with Crippen LogP contribution in [0.4, 0.5) is 4.79 Å². The second kappa shape index (κ2) is 7.01. The van der Waals surface area contributed by atoms with E-state index in [1.807, 2.05) is 0 Å². The van der Waals surface area contributed by atoms with Crippen LogP contribution in [0.2, 0.25) is 25.7 Å². The first-order valence-corrected chi connectivity index (χ1v) is 10.3. The number of urea groups is 1. The van der Waals surface area contributed by atoms with Gasteiger partial charge in [-0.05, 0) is 19.3 Å². The monoisotopic (exact) mass is 258 g/mol. The summed E-state index contributed by atoms with van der Waals surface area (Å²) in [6, 6.07) is 1.41. The van der Waals surface area contributed by atoms with Gasteiger partial charge in [0, 0.05) is 21.2 Å². The molecule has 5 heteroatoms. The molecule has 2 amide bonds. The van der Waals surface area contributed by atoms with Crippen LogP contribution < -0.4 is 10.6 Å². The summed E-state index contributed by atoms with van der Waals surface area (Å²) in [6.07, 6.45) is 3.16. The number of nitrogens with one attached hydrogen (secondary N) is 2. The van der Waals surface area contributed by atoms with Gasteiger partial charge in [0.05, 0.1) is 12.6 Å². The van der Waals surface area contributed by atoms with Crippen LogP contribution in [0.3, 0.4) is 0 Å². The van der Waals surface area contributed by atoms with Crippen LogP contribution in [0, 0.1) is 0 Å². The van der Waals surface area contributed by atoms with E-state index >= 15 is 0 Å². The lowest BCUT2D eigenvalue weighted by atomic mass is 10.1. The van der Waals surface area contributed by atoms with Crippen LogP contribution in [-0.4, -0.2) is 39.9 Å². The van der Waals surface area contributed by atoms with E-state index in [4.69, 9.17) is 4.74 Å². The second-order valence-corrected chi connectivity index (χ2v) is 11.6. The van der Waals surface area contributed by atoms with Crippen LogP contribution in [-0.2, 0) is 4.74 Å². The van der Waals surface area contributed by atoms with E-state index in [2.05, 4.69) is 30.3 Å². The van der Waals surface area contributed by atoms with Crippen molar-refractivity contribution in [1.82, 2.24) is 10.6 Å². The Balaban J connectivity index is 2.04. The van der Waals surface area contributed by atoms with Gasteiger partial charge in [-0.1, -0.05) is 25.7 Å². The first kappa shape index (κ1) is 14.5. The Kier molecular flexibility index (Phi) is 5.98. The van der Waals surface area contributed by atoms with Gasteiger partial charge in [0.1, 0.15) is 0 Å². The fourth-order valence-electron chi connectivity index (χ4n) is 1.91. The summed E-state index contributed by atoms with van der Waals surface area (Å²) in [4.78, 5) is 11.6. The molecule has 1 heterocycles. The summed E-state index contributed by atoms with van der Waals surface area (Å²) in [5.41, 5.74) is 0. The van der Waals surface area contributed by atoms with Crippen LogP contribution in [0.25, 0.3) is 0 Å². The second-order valence-electron chi connectivity index (χ2n) is 5.98. The zero-order valence-electron chi connectivity index (χ0n) is 11.3. The maximum Gasteiger partial charge on any atom is 0.315 e. The number of hydrogen-bond donors (Lipinski definition) is 2. The average molecular weight is 258 g/mol. The number of carbonyl (C=O) groups excluding carboxylic acids is 1. The standard InChI is InChI=1S/C12H26N2O2Si/c1-17(2,3)9-5-7-13-12(15)14-11-6-4-8-16-10-11/h11H,4-10H2,1-3H3,(H2,13,14,15)/t11-/m0/s1. The molecular formula is C12H26N2O2Si. The van der Waals surface area contributed by atoms with E-state index in [1.54, 1.807) is 0 Å².